The minimum Gasteiger partial charge on any atom is -0.396 e. The fourth-order valence-electron chi connectivity index (χ4n) is 2.61. The Bertz CT molecular complexity index is 424. The maximum Gasteiger partial charge on any atom is 0.134 e. The summed E-state index contributed by atoms with van der Waals surface area (Å²) >= 11 is 0. The van der Waals surface area contributed by atoms with Crippen LogP contribution in [0.5, 0.6) is 0 Å². The Balaban J connectivity index is 2.10. The second-order valence-corrected chi connectivity index (χ2v) is 5.42. The van der Waals surface area contributed by atoms with Gasteiger partial charge in [-0.05, 0) is 25.2 Å². The first-order valence-electron chi connectivity index (χ1n) is 7.74. The Hall–Kier alpha value is -1.36. The molecule has 0 saturated carbocycles. The molecule has 5 nitrogen and oxygen atoms in total. The van der Waals surface area contributed by atoms with Gasteiger partial charge in [0.1, 0.15) is 17.5 Å². The number of aliphatic hydroxyl groups excluding tert-OH is 1. The molecule has 1 aromatic rings. The Morgan fingerprint density at radius 3 is 2.95 bits per heavy atom. The standard InChI is InChI=1S/C15H26N4O/c1-3-7-16-14-10-15(18-13(4-2)17-14)19-8-5-12(11-19)6-9-20/h10,12,20H,3-9,11H2,1-2H3,(H,16,17,18). The Morgan fingerprint density at radius 1 is 1.40 bits per heavy atom. The zero-order chi connectivity index (χ0) is 14.4. The van der Waals surface area contributed by atoms with Gasteiger partial charge in [0.25, 0.3) is 0 Å². The van der Waals surface area contributed by atoms with Gasteiger partial charge in [0.2, 0.25) is 0 Å². The second-order valence-electron chi connectivity index (χ2n) is 5.42. The summed E-state index contributed by atoms with van der Waals surface area (Å²) in [5, 5.41) is 12.4. The molecule has 1 saturated heterocycles. The summed E-state index contributed by atoms with van der Waals surface area (Å²) in [6.45, 7) is 7.47. The van der Waals surface area contributed by atoms with Crippen molar-refractivity contribution in [1.29, 1.82) is 0 Å². The van der Waals surface area contributed by atoms with E-state index in [1.54, 1.807) is 0 Å². The molecule has 1 aliphatic rings. The van der Waals surface area contributed by atoms with E-state index in [4.69, 9.17) is 5.11 Å². The summed E-state index contributed by atoms with van der Waals surface area (Å²) in [4.78, 5) is 11.5. The lowest BCUT2D eigenvalue weighted by molar-refractivity contribution is 0.263. The topological polar surface area (TPSA) is 61.3 Å². The smallest absolute Gasteiger partial charge is 0.134 e. The van der Waals surface area contributed by atoms with Crippen LogP contribution in [0.25, 0.3) is 0 Å². The molecule has 112 valence electrons. The fraction of sp³-hybridized carbons (Fsp3) is 0.733. The minimum atomic E-state index is 0.284. The van der Waals surface area contributed by atoms with Gasteiger partial charge < -0.3 is 15.3 Å². The molecule has 0 amide bonds. The van der Waals surface area contributed by atoms with Gasteiger partial charge in [-0.3, -0.25) is 0 Å². The summed E-state index contributed by atoms with van der Waals surface area (Å²) in [6, 6.07) is 2.05. The molecule has 0 spiro atoms. The highest BCUT2D eigenvalue weighted by Crippen LogP contribution is 2.25. The van der Waals surface area contributed by atoms with E-state index in [2.05, 4.69) is 40.1 Å². The van der Waals surface area contributed by atoms with Crippen molar-refractivity contribution >= 4 is 11.6 Å². The van der Waals surface area contributed by atoms with Crippen molar-refractivity contribution in [3.63, 3.8) is 0 Å². The van der Waals surface area contributed by atoms with Gasteiger partial charge in [0.05, 0.1) is 0 Å². The van der Waals surface area contributed by atoms with Crippen LogP contribution in [0.3, 0.4) is 0 Å². The number of aryl methyl sites for hydroxylation is 1. The SMILES string of the molecule is CCCNc1cc(N2CCC(CCO)C2)nc(CC)n1. The van der Waals surface area contributed by atoms with Crippen LogP contribution in [0.4, 0.5) is 11.6 Å². The van der Waals surface area contributed by atoms with Gasteiger partial charge in [-0.2, -0.15) is 0 Å². The Morgan fingerprint density at radius 2 is 2.25 bits per heavy atom. The van der Waals surface area contributed by atoms with Crippen LogP contribution < -0.4 is 10.2 Å². The highest BCUT2D eigenvalue weighted by Gasteiger charge is 2.23. The first-order chi connectivity index (χ1) is 9.76. The molecule has 0 aliphatic carbocycles. The molecule has 2 N–H and O–H groups in total. The van der Waals surface area contributed by atoms with Crippen molar-refractivity contribution in [1.82, 2.24) is 9.97 Å². The van der Waals surface area contributed by atoms with Crippen molar-refractivity contribution in [2.75, 3.05) is 36.5 Å². The number of hydrogen-bond acceptors (Lipinski definition) is 5. The van der Waals surface area contributed by atoms with Crippen molar-refractivity contribution < 1.29 is 5.11 Å². The normalized spacial score (nSPS) is 18.6. The van der Waals surface area contributed by atoms with E-state index in [0.29, 0.717) is 5.92 Å². The third-order valence-electron chi connectivity index (χ3n) is 3.78. The summed E-state index contributed by atoms with van der Waals surface area (Å²) < 4.78 is 0. The molecule has 1 fully saturated rings. The molecule has 1 aromatic heterocycles. The van der Waals surface area contributed by atoms with E-state index in [0.717, 1.165) is 62.8 Å². The molecule has 0 radical (unpaired) electrons. The number of aromatic nitrogens is 2. The average molecular weight is 278 g/mol. The summed E-state index contributed by atoms with van der Waals surface area (Å²) in [5.74, 6) is 3.44. The van der Waals surface area contributed by atoms with Crippen LogP contribution in [0.2, 0.25) is 0 Å². The first kappa shape index (κ1) is 15.0. The summed E-state index contributed by atoms with van der Waals surface area (Å²) in [6.07, 6.45) is 3.97. The van der Waals surface area contributed by atoms with Crippen molar-refractivity contribution in [2.45, 2.75) is 39.5 Å². The molecule has 20 heavy (non-hydrogen) atoms. The lowest BCUT2D eigenvalue weighted by Gasteiger charge is -2.19. The maximum atomic E-state index is 9.05. The molecule has 2 rings (SSSR count). The summed E-state index contributed by atoms with van der Waals surface area (Å²) in [5.41, 5.74) is 0. The molecular formula is C15H26N4O. The third-order valence-corrected chi connectivity index (χ3v) is 3.78. The lowest BCUT2D eigenvalue weighted by Crippen LogP contribution is -2.22. The molecule has 1 unspecified atom stereocenters. The predicted molar refractivity (Wildman–Crippen MR) is 82.2 cm³/mol. The van der Waals surface area contributed by atoms with Crippen LogP contribution in [-0.2, 0) is 6.42 Å². The third kappa shape index (κ3) is 3.82. The van der Waals surface area contributed by atoms with Crippen LogP contribution in [0.15, 0.2) is 6.07 Å². The molecule has 5 heteroatoms. The van der Waals surface area contributed by atoms with Crippen molar-refractivity contribution in [3.05, 3.63) is 11.9 Å². The van der Waals surface area contributed by atoms with E-state index in [9.17, 15) is 0 Å². The minimum absolute atomic E-state index is 0.284. The quantitative estimate of drug-likeness (QED) is 0.799. The molecule has 2 heterocycles. The first-order valence-corrected chi connectivity index (χ1v) is 7.74. The predicted octanol–water partition coefficient (Wildman–Crippen LogP) is 2.07. The number of rotatable bonds is 7. The van der Waals surface area contributed by atoms with Gasteiger partial charge in [-0.25, -0.2) is 9.97 Å². The van der Waals surface area contributed by atoms with Crippen molar-refractivity contribution in [2.24, 2.45) is 5.92 Å². The van der Waals surface area contributed by atoms with Gasteiger partial charge in [0.15, 0.2) is 0 Å². The molecular weight excluding hydrogens is 252 g/mol. The fourth-order valence-corrected chi connectivity index (χ4v) is 2.61. The highest BCUT2D eigenvalue weighted by atomic mass is 16.3. The van der Waals surface area contributed by atoms with Crippen LogP contribution >= 0.6 is 0 Å². The van der Waals surface area contributed by atoms with E-state index in [-0.39, 0.29) is 6.61 Å². The van der Waals surface area contributed by atoms with Gasteiger partial charge in [-0.1, -0.05) is 13.8 Å². The van der Waals surface area contributed by atoms with E-state index in [1.807, 2.05) is 0 Å². The zero-order valence-corrected chi connectivity index (χ0v) is 12.6. The number of nitrogens with one attached hydrogen (secondary N) is 1. The molecule has 0 aromatic carbocycles. The molecule has 0 bridgehead atoms. The lowest BCUT2D eigenvalue weighted by atomic mass is 10.1. The Labute approximate surface area is 121 Å². The number of aliphatic hydroxyl groups is 1. The Kier molecular flexibility index (Phi) is 5.59. The highest BCUT2D eigenvalue weighted by molar-refractivity contribution is 5.50. The van der Waals surface area contributed by atoms with E-state index >= 15 is 0 Å². The number of anilines is 2. The van der Waals surface area contributed by atoms with Crippen molar-refractivity contribution in [3.8, 4) is 0 Å². The monoisotopic (exact) mass is 278 g/mol. The largest absolute Gasteiger partial charge is 0.396 e. The summed E-state index contributed by atoms with van der Waals surface area (Å²) in [7, 11) is 0. The van der Waals surface area contributed by atoms with E-state index < -0.39 is 0 Å². The zero-order valence-electron chi connectivity index (χ0n) is 12.6. The van der Waals surface area contributed by atoms with Gasteiger partial charge in [-0.15, -0.1) is 0 Å². The van der Waals surface area contributed by atoms with Gasteiger partial charge >= 0.3 is 0 Å². The van der Waals surface area contributed by atoms with Crippen LogP contribution in [0, 0.1) is 5.92 Å². The van der Waals surface area contributed by atoms with Crippen LogP contribution in [-0.4, -0.2) is 41.3 Å². The number of nitrogens with zero attached hydrogens (tertiary/aromatic N) is 3. The van der Waals surface area contributed by atoms with Gasteiger partial charge in [0, 0.05) is 38.7 Å². The molecule has 1 aliphatic heterocycles. The molecule has 1 atom stereocenters. The second kappa shape index (κ2) is 7.43. The average Bonchev–Trinajstić information content (AvgIpc) is 2.94. The van der Waals surface area contributed by atoms with E-state index in [1.165, 1.54) is 0 Å². The number of hydrogen-bond donors (Lipinski definition) is 2. The maximum absolute atomic E-state index is 9.05. The van der Waals surface area contributed by atoms with Crippen LogP contribution in [0.1, 0.15) is 38.9 Å².